The maximum atomic E-state index is 12.7. The van der Waals surface area contributed by atoms with Crippen LogP contribution in [0.1, 0.15) is 15.2 Å². The number of ether oxygens (including phenoxy) is 1. The van der Waals surface area contributed by atoms with Crippen LogP contribution in [0.15, 0.2) is 40.8 Å². The molecule has 1 aromatic heterocycles. The van der Waals surface area contributed by atoms with E-state index in [1.54, 1.807) is 23.6 Å². The topological polar surface area (TPSA) is 50.7 Å². The number of carbonyl (C=O) groups is 1. The van der Waals surface area contributed by atoms with Gasteiger partial charge in [0.05, 0.1) is 19.0 Å². The predicted molar refractivity (Wildman–Crippen MR) is 73.3 cm³/mol. The van der Waals surface area contributed by atoms with E-state index < -0.39 is 5.97 Å². The number of anilines is 1. The molecule has 0 atom stereocenters. The summed E-state index contributed by atoms with van der Waals surface area (Å²) in [6.45, 7) is 0. The predicted octanol–water partition coefficient (Wildman–Crippen LogP) is 3.12. The zero-order valence-corrected chi connectivity index (χ0v) is 10.9. The van der Waals surface area contributed by atoms with Gasteiger partial charge in [0.25, 0.3) is 0 Å². The molecule has 0 saturated heterocycles. The molecule has 0 saturated carbocycles. The van der Waals surface area contributed by atoms with Crippen molar-refractivity contribution in [3.8, 4) is 0 Å². The molecule has 0 aliphatic rings. The van der Waals surface area contributed by atoms with Gasteiger partial charge in [-0.2, -0.15) is 5.10 Å². The smallest absolute Gasteiger partial charge is 0.350 e. The summed E-state index contributed by atoms with van der Waals surface area (Å²) in [4.78, 5) is 11.9. The minimum Gasteiger partial charge on any atom is -0.465 e. The second-order valence-electron chi connectivity index (χ2n) is 3.58. The Balaban J connectivity index is 2.04. The van der Waals surface area contributed by atoms with Gasteiger partial charge < -0.3 is 4.74 Å². The lowest BCUT2D eigenvalue weighted by Gasteiger charge is -2.00. The number of thiophene rings is 1. The molecule has 19 heavy (non-hydrogen) atoms. The monoisotopic (exact) mass is 278 g/mol. The molecule has 0 amide bonds. The number of hydrogen-bond donors (Lipinski definition) is 1. The van der Waals surface area contributed by atoms with E-state index in [1.807, 2.05) is 0 Å². The van der Waals surface area contributed by atoms with E-state index in [0.29, 0.717) is 10.6 Å². The average molecular weight is 278 g/mol. The lowest BCUT2D eigenvalue weighted by molar-refractivity contribution is 0.0607. The van der Waals surface area contributed by atoms with Crippen molar-refractivity contribution in [1.29, 1.82) is 0 Å². The number of esters is 1. The second kappa shape index (κ2) is 6.10. The van der Waals surface area contributed by atoms with Gasteiger partial charge in [0.2, 0.25) is 0 Å². The van der Waals surface area contributed by atoms with Gasteiger partial charge in [0.15, 0.2) is 0 Å². The van der Waals surface area contributed by atoms with E-state index in [9.17, 15) is 9.18 Å². The molecule has 0 aliphatic heterocycles. The van der Waals surface area contributed by atoms with Crippen LogP contribution in [-0.4, -0.2) is 19.3 Å². The highest BCUT2D eigenvalue weighted by molar-refractivity contribution is 7.12. The summed E-state index contributed by atoms with van der Waals surface area (Å²) >= 11 is 1.27. The van der Waals surface area contributed by atoms with E-state index in [2.05, 4.69) is 15.3 Å². The Morgan fingerprint density at radius 3 is 2.79 bits per heavy atom. The van der Waals surface area contributed by atoms with Crippen LogP contribution < -0.4 is 5.43 Å². The van der Waals surface area contributed by atoms with E-state index >= 15 is 0 Å². The first-order chi connectivity index (χ1) is 9.20. The van der Waals surface area contributed by atoms with Crippen molar-refractivity contribution in [2.24, 2.45) is 5.10 Å². The number of rotatable bonds is 4. The summed E-state index contributed by atoms with van der Waals surface area (Å²) in [6, 6.07) is 7.65. The van der Waals surface area contributed by atoms with E-state index in [-0.39, 0.29) is 5.82 Å². The fraction of sp³-hybridized carbons (Fsp3) is 0.0769. The summed E-state index contributed by atoms with van der Waals surface area (Å²) in [6.07, 6.45) is 1.54. The number of benzene rings is 1. The van der Waals surface area contributed by atoms with Crippen molar-refractivity contribution in [2.45, 2.75) is 0 Å². The quantitative estimate of drug-likeness (QED) is 0.531. The molecule has 0 unspecified atom stereocenters. The van der Waals surface area contributed by atoms with Crippen molar-refractivity contribution in [3.63, 3.8) is 0 Å². The molecule has 0 spiro atoms. The van der Waals surface area contributed by atoms with Gasteiger partial charge >= 0.3 is 5.97 Å². The Morgan fingerprint density at radius 2 is 2.11 bits per heavy atom. The minimum absolute atomic E-state index is 0.295. The first-order valence-electron chi connectivity index (χ1n) is 5.41. The van der Waals surface area contributed by atoms with Crippen LogP contribution in [0.2, 0.25) is 0 Å². The average Bonchev–Trinajstić information content (AvgIpc) is 2.88. The summed E-state index contributed by atoms with van der Waals surface area (Å²) in [5.74, 6) is -0.703. The maximum absolute atomic E-state index is 12.7. The molecule has 1 aromatic carbocycles. The summed E-state index contributed by atoms with van der Waals surface area (Å²) in [5, 5.41) is 5.76. The zero-order valence-electron chi connectivity index (χ0n) is 10.1. The van der Waals surface area contributed by atoms with Crippen molar-refractivity contribution < 1.29 is 13.9 Å². The third-order valence-corrected chi connectivity index (χ3v) is 3.20. The lowest BCUT2D eigenvalue weighted by Crippen LogP contribution is -2.01. The molecule has 0 aliphatic carbocycles. The van der Waals surface area contributed by atoms with Gasteiger partial charge in [-0.1, -0.05) is 12.1 Å². The van der Waals surface area contributed by atoms with Gasteiger partial charge in [0, 0.05) is 0 Å². The molecule has 4 nitrogen and oxygen atoms in total. The number of hydrazone groups is 1. The second-order valence-corrected chi connectivity index (χ2v) is 4.49. The summed E-state index contributed by atoms with van der Waals surface area (Å²) in [5.41, 5.74) is 4.09. The lowest BCUT2D eigenvalue weighted by atomic mass is 10.2. The van der Waals surface area contributed by atoms with Gasteiger partial charge in [0.1, 0.15) is 10.7 Å². The number of methoxy groups -OCH3 is 1. The normalized spacial score (nSPS) is 10.6. The zero-order chi connectivity index (χ0) is 13.7. The Kier molecular flexibility index (Phi) is 4.25. The molecule has 2 rings (SSSR count). The molecule has 0 bridgehead atoms. The molecule has 1 N–H and O–H groups in total. The molecule has 98 valence electrons. The Morgan fingerprint density at radius 1 is 1.37 bits per heavy atom. The van der Waals surface area contributed by atoms with Crippen LogP contribution in [0.4, 0.5) is 10.1 Å². The molecule has 0 fully saturated rings. The fourth-order valence-corrected chi connectivity index (χ4v) is 2.13. The van der Waals surface area contributed by atoms with Crippen molar-refractivity contribution in [1.82, 2.24) is 0 Å². The number of carbonyl (C=O) groups excluding carboxylic acids is 1. The Labute approximate surface area is 113 Å². The van der Waals surface area contributed by atoms with Crippen LogP contribution in [0.3, 0.4) is 0 Å². The first-order valence-corrected chi connectivity index (χ1v) is 6.29. The van der Waals surface area contributed by atoms with Crippen molar-refractivity contribution in [2.75, 3.05) is 12.5 Å². The van der Waals surface area contributed by atoms with Crippen LogP contribution >= 0.6 is 11.3 Å². The largest absolute Gasteiger partial charge is 0.465 e. The van der Waals surface area contributed by atoms with Crippen LogP contribution in [0.25, 0.3) is 0 Å². The highest BCUT2D eigenvalue weighted by Gasteiger charge is 2.12. The number of nitrogens with zero attached hydrogens (tertiary/aromatic N) is 1. The highest BCUT2D eigenvalue weighted by atomic mass is 32.1. The van der Waals surface area contributed by atoms with Crippen LogP contribution in [-0.2, 0) is 4.74 Å². The van der Waals surface area contributed by atoms with Gasteiger partial charge in [-0.05, 0) is 29.1 Å². The molecule has 1 heterocycles. The first kappa shape index (κ1) is 13.2. The van der Waals surface area contributed by atoms with E-state index in [0.717, 1.165) is 5.56 Å². The summed E-state index contributed by atoms with van der Waals surface area (Å²) in [7, 11) is 1.33. The van der Waals surface area contributed by atoms with Crippen molar-refractivity contribution >= 4 is 29.2 Å². The number of nitrogens with one attached hydrogen (secondary N) is 1. The molecular formula is C13H11FN2O2S. The Bertz CT molecular complexity index is 593. The maximum Gasteiger partial charge on any atom is 0.350 e. The number of hydrogen-bond acceptors (Lipinski definition) is 5. The third-order valence-electron chi connectivity index (χ3n) is 2.30. The Hall–Kier alpha value is -2.21. The van der Waals surface area contributed by atoms with E-state index in [1.165, 1.54) is 36.8 Å². The molecule has 2 aromatic rings. The highest BCUT2D eigenvalue weighted by Crippen LogP contribution is 2.22. The van der Waals surface area contributed by atoms with Crippen LogP contribution in [0, 0.1) is 5.82 Å². The molecule has 6 heteroatoms. The molecule has 0 radical (unpaired) electrons. The minimum atomic E-state index is -0.408. The van der Waals surface area contributed by atoms with Crippen molar-refractivity contribution in [3.05, 3.63) is 52.0 Å². The summed E-state index contributed by atoms with van der Waals surface area (Å²) < 4.78 is 17.4. The SMILES string of the molecule is COC(=O)c1sccc1N/N=C\c1ccc(F)cc1. The number of halogens is 1. The van der Waals surface area contributed by atoms with Gasteiger partial charge in [-0.3, -0.25) is 5.43 Å². The van der Waals surface area contributed by atoms with Crippen LogP contribution in [0.5, 0.6) is 0 Å². The van der Waals surface area contributed by atoms with Gasteiger partial charge in [-0.25, -0.2) is 9.18 Å². The fourth-order valence-electron chi connectivity index (χ4n) is 1.37. The molecular weight excluding hydrogens is 267 g/mol. The van der Waals surface area contributed by atoms with E-state index in [4.69, 9.17) is 0 Å². The third kappa shape index (κ3) is 3.38. The standard InChI is InChI=1S/C13H11FN2O2S/c1-18-13(17)12-11(6-7-19-12)16-15-8-9-2-4-10(14)5-3-9/h2-8,16H,1H3/b15-8-. The van der Waals surface area contributed by atoms with Gasteiger partial charge in [-0.15, -0.1) is 11.3 Å².